The summed E-state index contributed by atoms with van der Waals surface area (Å²) in [7, 11) is 0. The van der Waals surface area contributed by atoms with E-state index < -0.39 is 0 Å². The van der Waals surface area contributed by atoms with Crippen molar-refractivity contribution in [3.63, 3.8) is 0 Å². The van der Waals surface area contributed by atoms with Gasteiger partial charge in [-0.3, -0.25) is 4.79 Å². The van der Waals surface area contributed by atoms with Gasteiger partial charge in [0.15, 0.2) is 0 Å². The van der Waals surface area contributed by atoms with E-state index in [1.165, 1.54) is 0 Å². The second-order valence-corrected chi connectivity index (χ2v) is 6.32. The summed E-state index contributed by atoms with van der Waals surface area (Å²) in [5, 5.41) is 4.33. The topological polar surface area (TPSA) is 59.3 Å². The molecule has 0 radical (unpaired) electrons. The van der Waals surface area contributed by atoms with Gasteiger partial charge in [-0.05, 0) is 50.3 Å². The number of benzene rings is 1. The molecule has 1 atom stereocenters. The Balaban J connectivity index is 1.67. The highest BCUT2D eigenvalue weighted by atomic mass is 16.2. The standard InChI is InChI=1S/C19H22N4O/c1-13(2)15-9-8-14(3)17(10-15)21-22-19(24)11-23-12-20-16-6-4-5-7-18(16)23/h4-8,12,15H,1,9-11H2,2-3H3,(H,22,24)/b21-17+. The summed E-state index contributed by atoms with van der Waals surface area (Å²) in [6.07, 6.45) is 5.67. The van der Waals surface area contributed by atoms with E-state index >= 15 is 0 Å². The van der Waals surface area contributed by atoms with Crippen molar-refractivity contribution in [2.45, 2.75) is 33.2 Å². The molecule has 3 rings (SSSR count). The molecule has 1 aliphatic rings. The van der Waals surface area contributed by atoms with Gasteiger partial charge < -0.3 is 4.57 Å². The van der Waals surface area contributed by atoms with Crippen LogP contribution in [0.1, 0.15) is 26.7 Å². The van der Waals surface area contributed by atoms with Crippen LogP contribution in [-0.2, 0) is 11.3 Å². The largest absolute Gasteiger partial charge is 0.321 e. The maximum Gasteiger partial charge on any atom is 0.260 e. The molecule has 124 valence electrons. The van der Waals surface area contributed by atoms with Crippen molar-refractivity contribution in [3.8, 4) is 0 Å². The molecule has 24 heavy (non-hydrogen) atoms. The van der Waals surface area contributed by atoms with Crippen molar-refractivity contribution < 1.29 is 4.79 Å². The fourth-order valence-corrected chi connectivity index (χ4v) is 2.88. The number of nitrogens with one attached hydrogen (secondary N) is 1. The van der Waals surface area contributed by atoms with Crippen LogP contribution in [0.3, 0.4) is 0 Å². The Hall–Kier alpha value is -2.69. The highest BCUT2D eigenvalue weighted by Crippen LogP contribution is 2.26. The molecule has 2 aromatic rings. The third kappa shape index (κ3) is 3.45. The number of para-hydroxylation sites is 2. The van der Waals surface area contributed by atoms with E-state index in [-0.39, 0.29) is 12.5 Å². The van der Waals surface area contributed by atoms with Gasteiger partial charge in [0, 0.05) is 0 Å². The minimum atomic E-state index is -0.157. The Labute approximate surface area is 141 Å². The van der Waals surface area contributed by atoms with Crippen molar-refractivity contribution in [2.75, 3.05) is 0 Å². The number of hydrogen-bond acceptors (Lipinski definition) is 3. The molecule has 0 saturated heterocycles. The molecule has 1 amide bonds. The van der Waals surface area contributed by atoms with E-state index in [1.807, 2.05) is 42.7 Å². The Morgan fingerprint density at radius 1 is 1.46 bits per heavy atom. The molecule has 1 heterocycles. The summed E-state index contributed by atoms with van der Waals surface area (Å²) in [6, 6.07) is 7.75. The molecule has 1 aliphatic carbocycles. The maximum atomic E-state index is 12.2. The van der Waals surface area contributed by atoms with Crippen molar-refractivity contribution in [2.24, 2.45) is 11.0 Å². The Bertz CT molecular complexity index is 844. The predicted octanol–water partition coefficient (Wildman–Crippen LogP) is 3.44. The van der Waals surface area contributed by atoms with Crippen molar-refractivity contribution in [3.05, 3.63) is 54.4 Å². The molecular weight excluding hydrogens is 300 g/mol. The van der Waals surface area contributed by atoms with Gasteiger partial charge in [-0.2, -0.15) is 5.10 Å². The van der Waals surface area contributed by atoms with E-state index in [4.69, 9.17) is 0 Å². The zero-order chi connectivity index (χ0) is 17.1. The van der Waals surface area contributed by atoms with Gasteiger partial charge in [-0.1, -0.05) is 30.4 Å². The number of fused-ring (bicyclic) bond motifs is 1. The summed E-state index contributed by atoms with van der Waals surface area (Å²) in [5.74, 6) is 0.248. The second-order valence-electron chi connectivity index (χ2n) is 6.32. The van der Waals surface area contributed by atoms with Crippen LogP contribution >= 0.6 is 0 Å². The third-order valence-corrected chi connectivity index (χ3v) is 4.46. The monoisotopic (exact) mass is 322 g/mol. The summed E-state index contributed by atoms with van der Waals surface area (Å²) >= 11 is 0. The average Bonchev–Trinajstić information content (AvgIpc) is 2.97. The van der Waals surface area contributed by atoms with Crippen LogP contribution in [0.15, 0.2) is 59.5 Å². The molecular formula is C19H22N4O. The van der Waals surface area contributed by atoms with Crippen molar-refractivity contribution in [1.82, 2.24) is 15.0 Å². The third-order valence-electron chi connectivity index (χ3n) is 4.46. The summed E-state index contributed by atoms with van der Waals surface area (Å²) in [4.78, 5) is 16.5. The molecule has 1 unspecified atom stereocenters. The van der Waals surface area contributed by atoms with E-state index in [2.05, 4.69) is 28.2 Å². The second kappa shape index (κ2) is 6.83. The zero-order valence-corrected chi connectivity index (χ0v) is 14.1. The van der Waals surface area contributed by atoms with Crippen LogP contribution in [-0.4, -0.2) is 21.2 Å². The number of carbonyl (C=O) groups is 1. The number of rotatable bonds is 4. The van der Waals surface area contributed by atoms with Gasteiger partial charge in [-0.15, -0.1) is 0 Å². The van der Waals surface area contributed by atoms with Crippen LogP contribution in [0.4, 0.5) is 0 Å². The normalized spacial score (nSPS) is 19.3. The quantitative estimate of drug-likeness (QED) is 0.692. The first kappa shape index (κ1) is 16.2. The molecule has 1 aromatic heterocycles. The Kier molecular flexibility index (Phi) is 4.60. The average molecular weight is 322 g/mol. The minimum Gasteiger partial charge on any atom is -0.321 e. The van der Waals surface area contributed by atoms with Crippen LogP contribution < -0.4 is 5.43 Å². The van der Waals surface area contributed by atoms with Gasteiger partial charge in [0.1, 0.15) is 6.54 Å². The lowest BCUT2D eigenvalue weighted by molar-refractivity contribution is -0.121. The Morgan fingerprint density at radius 3 is 3.04 bits per heavy atom. The van der Waals surface area contributed by atoms with Gasteiger partial charge in [-0.25, -0.2) is 10.4 Å². The first-order chi connectivity index (χ1) is 11.5. The number of imidazole rings is 1. The number of allylic oxidation sites excluding steroid dienone is 3. The highest BCUT2D eigenvalue weighted by molar-refractivity contribution is 6.01. The molecule has 0 fully saturated rings. The molecule has 0 aliphatic heterocycles. The smallest absolute Gasteiger partial charge is 0.260 e. The summed E-state index contributed by atoms with van der Waals surface area (Å²) in [5.41, 5.74) is 7.71. The number of hydrazone groups is 1. The maximum absolute atomic E-state index is 12.2. The van der Waals surface area contributed by atoms with Crippen LogP contribution in [0, 0.1) is 5.92 Å². The molecule has 0 spiro atoms. The molecule has 0 bridgehead atoms. The molecule has 5 heteroatoms. The van der Waals surface area contributed by atoms with Gasteiger partial charge in [0.2, 0.25) is 0 Å². The van der Waals surface area contributed by atoms with E-state index in [1.54, 1.807) is 6.33 Å². The zero-order valence-electron chi connectivity index (χ0n) is 14.1. The summed E-state index contributed by atoms with van der Waals surface area (Å²) < 4.78 is 1.82. The van der Waals surface area contributed by atoms with Gasteiger partial charge in [0.25, 0.3) is 5.91 Å². The molecule has 1 aromatic carbocycles. The summed E-state index contributed by atoms with van der Waals surface area (Å²) in [6.45, 7) is 8.30. The van der Waals surface area contributed by atoms with Crippen LogP contribution in [0.25, 0.3) is 11.0 Å². The van der Waals surface area contributed by atoms with Crippen molar-refractivity contribution >= 4 is 22.7 Å². The lowest BCUT2D eigenvalue weighted by Gasteiger charge is -2.22. The number of amides is 1. The van der Waals surface area contributed by atoms with Crippen molar-refractivity contribution in [1.29, 1.82) is 0 Å². The fraction of sp³-hybridized carbons (Fsp3) is 0.316. The molecule has 0 saturated carbocycles. The molecule has 5 nitrogen and oxygen atoms in total. The van der Waals surface area contributed by atoms with Crippen LogP contribution in [0.2, 0.25) is 0 Å². The lowest BCUT2D eigenvalue weighted by atomic mass is 9.85. The first-order valence-electron chi connectivity index (χ1n) is 8.12. The SMILES string of the molecule is C=C(C)C1CC=C(C)/C(=N/NC(=O)Cn2cnc3ccccc32)C1. The van der Waals surface area contributed by atoms with E-state index in [0.29, 0.717) is 5.92 Å². The number of nitrogens with zero attached hydrogens (tertiary/aromatic N) is 3. The lowest BCUT2D eigenvalue weighted by Crippen LogP contribution is -2.26. The van der Waals surface area contributed by atoms with E-state index in [0.717, 1.165) is 40.7 Å². The van der Waals surface area contributed by atoms with Gasteiger partial charge >= 0.3 is 0 Å². The fourth-order valence-electron chi connectivity index (χ4n) is 2.88. The van der Waals surface area contributed by atoms with Crippen LogP contribution in [0.5, 0.6) is 0 Å². The molecule has 1 N–H and O–H groups in total. The van der Waals surface area contributed by atoms with E-state index in [9.17, 15) is 4.79 Å². The highest BCUT2D eigenvalue weighted by Gasteiger charge is 2.18. The number of carbonyl (C=O) groups excluding carboxylic acids is 1. The van der Waals surface area contributed by atoms with Gasteiger partial charge in [0.05, 0.1) is 23.1 Å². The first-order valence-corrected chi connectivity index (χ1v) is 8.12. The predicted molar refractivity (Wildman–Crippen MR) is 96.6 cm³/mol. The Morgan fingerprint density at radius 2 is 2.25 bits per heavy atom. The minimum absolute atomic E-state index is 0.157. The number of aromatic nitrogens is 2. The number of hydrogen-bond donors (Lipinski definition) is 1.